The van der Waals surface area contributed by atoms with Crippen LogP contribution in [-0.4, -0.2) is 34.6 Å². The molecule has 9 heteroatoms. The van der Waals surface area contributed by atoms with Crippen LogP contribution in [0.1, 0.15) is 36.8 Å². The molecule has 32 heavy (non-hydrogen) atoms. The van der Waals surface area contributed by atoms with Crippen molar-refractivity contribution in [3.8, 4) is 11.8 Å². The number of aliphatic hydroxyl groups is 1. The number of anilines is 1. The van der Waals surface area contributed by atoms with Gasteiger partial charge < -0.3 is 27.6 Å². The molecule has 0 radical (unpaired) electrons. The molecule has 1 aromatic heterocycles. The molecule has 0 bridgehead atoms. The number of methoxy groups -OCH3 is 1. The number of benzene rings is 2. The second-order valence-corrected chi connectivity index (χ2v) is 8.26. The van der Waals surface area contributed by atoms with Gasteiger partial charge in [0.1, 0.15) is 12.3 Å². The minimum absolute atomic E-state index is 0. The van der Waals surface area contributed by atoms with Gasteiger partial charge in [0.2, 0.25) is 0 Å². The molecule has 0 spiro atoms. The number of aromatic nitrogens is 2. The second kappa shape index (κ2) is 10.8. The van der Waals surface area contributed by atoms with Crippen LogP contribution < -0.4 is 27.8 Å². The van der Waals surface area contributed by atoms with Crippen LogP contribution in [0.25, 0.3) is 10.8 Å². The Morgan fingerprint density at radius 1 is 1.22 bits per heavy atom. The summed E-state index contributed by atoms with van der Waals surface area (Å²) in [7, 11) is 1.59. The molecule has 2 aromatic carbocycles. The van der Waals surface area contributed by atoms with Gasteiger partial charge in [0.05, 0.1) is 41.5 Å². The Labute approximate surface area is 198 Å². The van der Waals surface area contributed by atoms with Gasteiger partial charge in [-0.15, -0.1) is 0 Å². The molecule has 1 aliphatic rings. The van der Waals surface area contributed by atoms with Crippen molar-refractivity contribution in [2.45, 2.75) is 44.4 Å². The fourth-order valence-corrected chi connectivity index (χ4v) is 4.31. The number of ether oxygens (including phenoxy) is 1. The van der Waals surface area contributed by atoms with Gasteiger partial charge in [-0.2, -0.15) is 10.4 Å². The van der Waals surface area contributed by atoms with Crippen LogP contribution in [0.4, 0.5) is 11.5 Å². The van der Waals surface area contributed by atoms with Gasteiger partial charge in [0.15, 0.2) is 0 Å². The molecule has 1 heterocycles. The third-order valence-electron chi connectivity index (χ3n) is 5.74. The number of nitriles is 1. The Morgan fingerprint density at radius 3 is 2.69 bits per heavy atom. The smallest absolute Gasteiger partial charge is 0.252 e. The Balaban J connectivity index is 0.00000289. The van der Waals surface area contributed by atoms with E-state index in [0.29, 0.717) is 22.9 Å². The standard InChI is InChI=1S/C23H24ClN5O2.ClH/c1-31-22-7-2-14(9-20(22)24)12-26-23-18-8-15(11-25)10-21(19(18)13-27-29-23)28-16-3-5-17(30)6-4-16;/h2,7-10,13,16-17,28,30H,3-6,12H2,1H3,(H,26,29);1H. The average Bonchev–Trinajstić information content (AvgIpc) is 2.79. The van der Waals surface area contributed by atoms with Crippen LogP contribution in [0.3, 0.4) is 0 Å². The fraction of sp³-hybridized carbons (Fsp3) is 0.348. The number of nitrogens with zero attached hydrogens (tertiary/aromatic N) is 3. The summed E-state index contributed by atoms with van der Waals surface area (Å²) >= 11 is 6.24. The van der Waals surface area contributed by atoms with Crippen LogP contribution in [-0.2, 0) is 6.54 Å². The molecule has 1 aliphatic carbocycles. The number of aliphatic hydroxyl groups excluding tert-OH is 1. The van der Waals surface area contributed by atoms with Crippen molar-refractivity contribution >= 4 is 33.9 Å². The summed E-state index contributed by atoms with van der Waals surface area (Å²) in [6, 6.07) is 11.9. The Kier molecular flexibility index (Phi) is 8.10. The molecule has 7 nitrogen and oxygen atoms in total. The first-order chi connectivity index (χ1) is 15.1. The first kappa shape index (κ1) is 24.0. The van der Waals surface area contributed by atoms with E-state index >= 15 is 0 Å². The van der Waals surface area contributed by atoms with Crippen molar-refractivity contribution in [2.75, 3.05) is 12.4 Å². The molecule has 0 amide bonds. The van der Waals surface area contributed by atoms with Gasteiger partial charge >= 0.3 is 0 Å². The molecule has 4 N–H and O–H groups in total. The molecule has 1 saturated carbocycles. The molecule has 0 atom stereocenters. The number of halogens is 2. The van der Waals surface area contributed by atoms with Crippen molar-refractivity contribution in [3.63, 3.8) is 0 Å². The number of hydrogen-bond donors (Lipinski definition) is 3. The van der Waals surface area contributed by atoms with Gasteiger partial charge in [-0.25, -0.2) is 0 Å². The first-order valence-electron chi connectivity index (χ1n) is 10.4. The molecule has 0 saturated heterocycles. The number of hydrogen-bond acceptors (Lipinski definition) is 6. The highest BCUT2D eigenvalue weighted by Crippen LogP contribution is 2.30. The summed E-state index contributed by atoms with van der Waals surface area (Å²) in [6.07, 6.45) is 4.90. The quantitative estimate of drug-likeness (QED) is 0.474. The largest absolute Gasteiger partial charge is 1.00 e. The van der Waals surface area contributed by atoms with E-state index in [1.54, 1.807) is 13.3 Å². The van der Waals surface area contributed by atoms with E-state index in [-0.39, 0.29) is 24.6 Å². The van der Waals surface area contributed by atoms with E-state index in [1.807, 2.05) is 35.6 Å². The predicted molar refractivity (Wildman–Crippen MR) is 119 cm³/mol. The van der Waals surface area contributed by atoms with Gasteiger partial charge in [-0.3, -0.25) is 5.32 Å². The lowest BCUT2D eigenvalue weighted by molar-refractivity contribution is -0.591. The summed E-state index contributed by atoms with van der Waals surface area (Å²) in [5, 5.41) is 35.8. The lowest BCUT2D eigenvalue weighted by Crippen LogP contribution is -3.00. The van der Waals surface area contributed by atoms with Crippen molar-refractivity contribution in [1.82, 2.24) is 10.2 Å². The summed E-state index contributed by atoms with van der Waals surface area (Å²) in [6.45, 7) is 0.623. The van der Waals surface area contributed by atoms with Crippen LogP contribution in [0.15, 0.2) is 36.5 Å². The maximum atomic E-state index is 9.77. The Bertz CT molecular complexity index is 1130. The lowest BCUT2D eigenvalue weighted by atomic mass is 9.92. The van der Waals surface area contributed by atoms with Gasteiger partial charge in [-0.05, 0) is 56.0 Å². The Hall–Kier alpha value is -2.63. The molecule has 3 aromatic rings. The third kappa shape index (κ3) is 5.40. The highest BCUT2D eigenvalue weighted by molar-refractivity contribution is 6.32. The fourth-order valence-electron chi connectivity index (χ4n) is 4.03. The lowest BCUT2D eigenvalue weighted by Gasteiger charge is -2.27. The zero-order valence-electron chi connectivity index (χ0n) is 17.7. The Morgan fingerprint density at radius 2 is 2.00 bits per heavy atom. The highest BCUT2D eigenvalue weighted by Gasteiger charge is 2.21. The molecule has 168 valence electrons. The van der Waals surface area contributed by atoms with Crippen LogP contribution in [0, 0.1) is 11.3 Å². The van der Waals surface area contributed by atoms with Gasteiger partial charge in [-0.1, -0.05) is 16.7 Å². The van der Waals surface area contributed by atoms with Crippen molar-refractivity contribution in [3.05, 3.63) is 52.7 Å². The van der Waals surface area contributed by atoms with E-state index in [2.05, 4.69) is 21.6 Å². The molecule has 0 unspecified atom stereocenters. The molecular formula is C23H25Cl2N5O2. The predicted octanol–water partition coefficient (Wildman–Crippen LogP) is 0.278. The molecule has 0 aliphatic heterocycles. The average molecular weight is 474 g/mol. The van der Waals surface area contributed by atoms with Crippen LogP contribution in [0.5, 0.6) is 5.75 Å². The normalized spacial score (nSPS) is 17.9. The third-order valence-corrected chi connectivity index (χ3v) is 6.04. The number of quaternary nitrogens is 1. The van der Waals surface area contributed by atoms with Crippen LogP contribution in [0.2, 0.25) is 5.02 Å². The highest BCUT2D eigenvalue weighted by atomic mass is 35.5. The second-order valence-electron chi connectivity index (χ2n) is 7.85. The number of nitrogens with one attached hydrogen (secondary N) is 1. The number of nitrogens with two attached hydrogens (primary N) is 1. The zero-order valence-corrected chi connectivity index (χ0v) is 19.2. The van der Waals surface area contributed by atoms with E-state index in [4.69, 9.17) is 16.3 Å². The van der Waals surface area contributed by atoms with Crippen LogP contribution >= 0.6 is 11.6 Å². The summed E-state index contributed by atoms with van der Waals surface area (Å²) in [4.78, 5) is 0. The monoisotopic (exact) mass is 473 g/mol. The number of rotatable bonds is 6. The molecular weight excluding hydrogens is 449 g/mol. The molecule has 4 rings (SSSR count). The van der Waals surface area contributed by atoms with E-state index in [1.165, 1.54) is 0 Å². The zero-order chi connectivity index (χ0) is 21.8. The number of fused-ring (bicyclic) bond motifs is 1. The first-order valence-corrected chi connectivity index (χ1v) is 10.7. The van der Waals surface area contributed by atoms with E-state index in [9.17, 15) is 10.4 Å². The molecule has 1 fully saturated rings. The van der Waals surface area contributed by atoms with Crippen molar-refractivity contribution in [2.24, 2.45) is 0 Å². The van der Waals surface area contributed by atoms with Gasteiger partial charge in [0.25, 0.3) is 5.82 Å². The van der Waals surface area contributed by atoms with Gasteiger partial charge in [0, 0.05) is 22.7 Å². The van der Waals surface area contributed by atoms with Crippen molar-refractivity contribution in [1.29, 1.82) is 5.26 Å². The van der Waals surface area contributed by atoms with E-state index in [0.717, 1.165) is 53.5 Å². The maximum absolute atomic E-state index is 9.77. The summed E-state index contributed by atoms with van der Waals surface area (Å²) < 4.78 is 5.21. The topological polar surface area (TPSA) is 108 Å². The van der Waals surface area contributed by atoms with Crippen molar-refractivity contribution < 1.29 is 27.6 Å². The maximum Gasteiger partial charge on any atom is 0.252 e. The SMILES string of the molecule is COc1ccc(C[NH2+]c2nncc3c(NC4CCC(O)CC4)cc(C#N)cc23)cc1Cl.[Cl-]. The van der Waals surface area contributed by atoms with E-state index < -0.39 is 0 Å². The minimum atomic E-state index is -0.209. The summed E-state index contributed by atoms with van der Waals surface area (Å²) in [5.74, 6) is 1.36. The summed E-state index contributed by atoms with van der Waals surface area (Å²) in [5.41, 5.74) is 2.48. The minimum Gasteiger partial charge on any atom is -1.00 e.